The Morgan fingerprint density at radius 3 is 2.83 bits per heavy atom. The topological polar surface area (TPSA) is 73.3 Å². The molecule has 1 amide bonds. The maximum Gasteiger partial charge on any atom is 0.316 e. The number of hydrogen-bond donors (Lipinski definition) is 1. The molecule has 1 aromatic heterocycles. The molecule has 24 heavy (non-hydrogen) atoms. The van der Waals surface area contributed by atoms with Crippen molar-refractivity contribution in [2.75, 3.05) is 20.3 Å². The van der Waals surface area contributed by atoms with E-state index in [1.165, 1.54) is 7.11 Å². The molecule has 126 valence electrons. The minimum Gasteiger partial charge on any atom is -0.493 e. The number of benzene rings is 1. The standard InChI is InChI=1S/C18H21N3O3/c1-18(8-10-24-15-6-4-3-5-14(15)18)16(22)19-9-7-13-11-20-17(23-2)21-12-13/h3-6,11-12H,7-10H2,1-2H3,(H,19,22)/t18-/m1/s1. The highest BCUT2D eigenvalue weighted by atomic mass is 16.5. The van der Waals surface area contributed by atoms with Crippen LogP contribution in [0.2, 0.25) is 0 Å². The fourth-order valence-corrected chi connectivity index (χ4v) is 2.88. The minimum absolute atomic E-state index is 0.0210. The Morgan fingerprint density at radius 2 is 2.08 bits per heavy atom. The highest BCUT2D eigenvalue weighted by Crippen LogP contribution is 2.38. The van der Waals surface area contributed by atoms with Crippen LogP contribution in [0.5, 0.6) is 11.8 Å². The Hall–Kier alpha value is -2.63. The number of ether oxygens (including phenoxy) is 2. The van der Waals surface area contributed by atoms with Crippen LogP contribution in [0.3, 0.4) is 0 Å². The summed E-state index contributed by atoms with van der Waals surface area (Å²) in [4.78, 5) is 20.9. The van der Waals surface area contributed by atoms with E-state index < -0.39 is 5.41 Å². The summed E-state index contributed by atoms with van der Waals surface area (Å²) in [6.07, 6.45) is 4.76. The van der Waals surface area contributed by atoms with Crippen LogP contribution >= 0.6 is 0 Å². The van der Waals surface area contributed by atoms with Gasteiger partial charge in [0.1, 0.15) is 5.75 Å². The van der Waals surface area contributed by atoms with Crippen molar-refractivity contribution in [2.24, 2.45) is 0 Å². The van der Waals surface area contributed by atoms with Gasteiger partial charge >= 0.3 is 6.01 Å². The fraction of sp³-hybridized carbons (Fsp3) is 0.389. The molecule has 1 aliphatic heterocycles. The third kappa shape index (κ3) is 3.18. The molecule has 2 heterocycles. The Balaban J connectivity index is 1.62. The second kappa shape index (κ2) is 6.86. The molecule has 1 aliphatic rings. The van der Waals surface area contributed by atoms with Crippen LogP contribution in [-0.4, -0.2) is 36.1 Å². The molecule has 0 radical (unpaired) electrons. The third-order valence-electron chi connectivity index (χ3n) is 4.41. The van der Waals surface area contributed by atoms with Crippen LogP contribution in [0.4, 0.5) is 0 Å². The fourth-order valence-electron chi connectivity index (χ4n) is 2.88. The lowest BCUT2D eigenvalue weighted by molar-refractivity contribution is -0.127. The minimum atomic E-state index is -0.564. The molecule has 1 aromatic carbocycles. The van der Waals surface area contributed by atoms with Gasteiger partial charge in [0.15, 0.2) is 0 Å². The number of aromatic nitrogens is 2. The molecular formula is C18H21N3O3. The zero-order valence-electron chi connectivity index (χ0n) is 13.9. The van der Waals surface area contributed by atoms with Crippen molar-refractivity contribution in [1.29, 1.82) is 0 Å². The molecular weight excluding hydrogens is 306 g/mol. The van der Waals surface area contributed by atoms with E-state index >= 15 is 0 Å². The SMILES string of the molecule is COc1ncc(CCNC(=O)[C@]2(C)CCOc3ccccc32)cn1. The van der Waals surface area contributed by atoms with Gasteiger partial charge in [0.25, 0.3) is 0 Å². The van der Waals surface area contributed by atoms with Crippen LogP contribution in [-0.2, 0) is 16.6 Å². The van der Waals surface area contributed by atoms with Gasteiger partial charge in [0.2, 0.25) is 5.91 Å². The van der Waals surface area contributed by atoms with E-state index in [0.29, 0.717) is 32.0 Å². The van der Waals surface area contributed by atoms with Crippen LogP contribution < -0.4 is 14.8 Å². The molecule has 3 rings (SSSR count). The average Bonchev–Trinajstić information content (AvgIpc) is 2.62. The molecule has 6 nitrogen and oxygen atoms in total. The monoisotopic (exact) mass is 327 g/mol. The molecule has 0 aliphatic carbocycles. The number of carbonyl (C=O) groups is 1. The summed E-state index contributed by atoms with van der Waals surface area (Å²) in [5.74, 6) is 0.817. The van der Waals surface area contributed by atoms with Gasteiger partial charge in [-0.25, -0.2) is 9.97 Å². The normalized spacial score (nSPS) is 19.1. The molecule has 1 N–H and O–H groups in total. The van der Waals surface area contributed by atoms with Gasteiger partial charge in [-0.2, -0.15) is 0 Å². The molecule has 0 spiro atoms. The largest absolute Gasteiger partial charge is 0.493 e. The number of para-hydroxylation sites is 1. The zero-order valence-corrected chi connectivity index (χ0v) is 13.9. The summed E-state index contributed by atoms with van der Waals surface area (Å²) < 4.78 is 10.6. The van der Waals surface area contributed by atoms with Gasteiger partial charge < -0.3 is 14.8 Å². The van der Waals surface area contributed by atoms with E-state index in [1.807, 2.05) is 31.2 Å². The Kier molecular flexibility index (Phi) is 4.64. The summed E-state index contributed by atoms with van der Waals surface area (Å²) in [5.41, 5.74) is 1.33. The van der Waals surface area contributed by atoms with Gasteiger partial charge in [-0.1, -0.05) is 18.2 Å². The Bertz CT molecular complexity index is 718. The van der Waals surface area contributed by atoms with E-state index in [-0.39, 0.29) is 5.91 Å². The molecule has 0 saturated heterocycles. The van der Waals surface area contributed by atoms with Gasteiger partial charge in [-0.05, 0) is 31.4 Å². The quantitative estimate of drug-likeness (QED) is 0.908. The summed E-state index contributed by atoms with van der Waals surface area (Å²) >= 11 is 0. The van der Waals surface area contributed by atoms with Gasteiger partial charge in [0.05, 0.1) is 19.1 Å². The molecule has 0 fully saturated rings. The van der Waals surface area contributed by atoms with E-state index in [0.717, 1.165) is 16.9 Å². The summed E-state index contributed by atoms with van der Waals surface area (Å²) in [6.45, 7) is 3.06. The number of amides is 1. The second-order valence-corrected chi connectivity index (χ2v) is 6.01. The van der Waals surface area contributed by atoms with Crippen LogP contribution in [0.1, 0.15) is 24.5 Å². The van der Waals surface area contributed by atoms with Gasteiger partial charge in [0, 0.05) is 24.5 Å². The van der Waals surface area contributed by atoms with E-state index in [2.05, 4.69) is 15.3 Å². The van der Waals surface area contributed by atoms with E-state index in [1.54, 1.807) is 12.4 Å². The lowest BCUT2D eigenvalue weighted by Gasteiger charge is -2.34. The van der Waals surface area contributed by atoms with Crippen molar-refractivity contribution >= 4 is 5.91 Å². The van der Waals surface area contributed by atoms with Crippen molar-refractivity contribution in [3.05, 3.63) is 47.8 Å². The van der Waals surface area contributed by atoms with Crippen molar-refractivity contribution < 1.29 is 14.3 Å². The first-order valence-corrected chi connectivity index (χ1v) is 7.99. The number of nitrogens with zero attached hydrogens (tertiary/aromatic N) is 2. The first-order chi connectivity index (χ1) is 11.6. The van der Waals surface area contributed by atoms with Crippen molar-refractivity contribution in [1.82, 2.24) is 15.3 Å². The number of hydrogen-bond acceptors (Lipinski definition) is 5. The van der Waals surface area contributed by atoms with Crippen LogP contribution in [0.25, 0.3) is 0 Å². The maximum absolute atomic E-state index is 12.8. The lowest BCUT2D eigenvalue weighted by Crippen LogP contribution is -2.45. The van der Waals surface area contributed by atoms with Crippen LogP contribution in [0.15, 0.2) is 36.7 Å². The van der Waals surface area contributed by atoms with Crippen molar-refractivity contribution in [2.45, 2.75) is 25.2 Å². The number of rotatable bonds is 5. The number of methoxy groups -OCH3 is 1. The summed E-state index contributed by atoms with van der Waals surface area (Å²) in [6, 6.07) is 8.08. The molecule has 0 bridgehead atoms. The van der Waals surface area contributed by atoms with Crippen LogP contribution in [0, 0.1) is 0 Å². The van der Waals surface area contributed by atoms with Crippen molar-refractivity contribution in [3.8, 4) is 11.8 Å². The first-order valence-electron chi connectivity index (χ1n) is 7.99. The molecule has 2 aromatic rings. The zero-order chi connectivity index (χ0) is 17.0. The summed E-state index contributed by atoms with van der Waals surface area (Å²) in [5, 5.41) is 3.03. The lowest BCUT2D eigenvalue weighted by atomic mass is 9.77. The summed E-state index contributed by atoms with van der Waals surface area (Å²) in [7, 11) is 1.53. The molecule has 0 saturated carbocycles. The molecule has 1 atom stereocenters. The predicted molar refractivity (Wildman–Crippen MR) is 89.2 cm³/mol. The number of fused-ring (bicyclic) bond motifs is 1. The van der Waals surface area contributed by atoms with E-state index in [9.17, 15) is 4.79 Å². The predicted octanol–water partition coefficient (Wildman–Crippen LogP) is 1.88. The van der Waals surface area contributed by atoms with Gasteiger partial charge in [-0.3, -0.25) is 4.79 Å². The van der Waals surface area contributed by atoms with Crippen molar-refractivity contribution in [3.63, 3.8) is 0 Å². The molecule has 6 heteroatoms. The number of carbonyl (C=O) groups excluding carboxylic acids is 1. The molecule has 0 unspecified atom stereocenters. The maximum atomic E-state index is 12.8. The number of nitrogens with one attached hydrogen (secondary N) is 1. The Morgan fingerprint density at radius 1 is 1.33 bits per heavy atom. The highest BCUT2D eigenvalue weighted by Gasteiger charge is 2.39. The Labute approximate surface area is 141 Å². The smallest absolute Gasteiger partial charge is 0.316 e. The third-order valence-corrected chi connectivity index (χ3v) is 4.41. The van der Waals surface area contributed by atoms with Gasteiger partial charge in [-0.15, -0.1) is 0 Å². The second-order valence-electron chi connectivity index (χ2n) is 6.01. The average molecular weight is 327 g/mol. The first kappa shape index (κ1) is 16.2. The highest BCUT2D eigenvalue weighted by molar-refractivity contribution is 5.88. The van der Waals surface area contributed by atoms with E-state index in [4.69, 9.17) is 9.47 Å².